The summed E-state index contributed by atoms with van der Waals surface area (Å²) in [5.74, 6) is 0.519. The summed E-state index contributed by atoms with van der Waals surface area (Å²) in [6.45, 7) is 2.01. The van der Waals surface area contributed by atoms with Crippen LogP contribution in [0.4, 0.5) is 0 Å². The van der Waals surface area contributed by atoms with E-state index in [1.807, 2.05) is 6.92 Å². The molecule has 0 saturated heterocycles. The first-order chi connectivity index (χ1) is 9.59. The molecule has 2 fully saturated rings. The lowest BCUT2D eigenvalue weighted by Crippen LogP contribution is -2.51. The zero-order valence-electron chi connectivity index (χ0n) is 12.0. The van der Waals surface area contributed by atoms with Gasteiger partial charge in [0.05, 0.1) is 5.54 Å². The highest BCUT2D eigenvalue weighted by atomic mass is 32.1. The number of carbonyl (C=O) groups excluding carboxylic acids is 1. The van der Waals surface area contributed by atoms with Gasteiger partial charge < -0.3 is 11.1 Å². The van der Waals surface area contributed by atoms with Crippen molar-refractivity contribution in [3.8, 4) is 0 Å². The van der Waals surface area contributed by atoms with Crippen LogP contribution < -0.4 is 11.1 Å². The maximum atomic E-state index is 12.3. The van der Waals surface area contributed by atoms with Crippen molar-refractivity contribution in [2.24, 2.45) is 11.7 Å². The minimum atomic E-state index is -0.182. The fraction of sp³-hybridized carbons (Fsp3) is 0.733. The summed E-state index contributed by atoms with van der Waals surface area (Å²) in [4.78, 5) is 16.9. The molecular weight excluding hydrogens is 270 g/mol. The fourth-order valence-electron chi connectivity index (χ4n) is 3.37. The van der Waals surface area contributed by atoms with Gasteiger partial charge in [0.15, 0.2) is 0 Å². The Bertz CT molecular complexity index is 495. The zero-order chi connectivity index (χ0) is 14.2. The number of amides is 1. The number of aromatic nitrogens is 1. The van der Waals surface area contributed by atoms with Crippen molar-refractivity contribution in [1.82, 2.24) is 10.3 Å². The number of nitrogens with one attached hydrogen (secondary N) is 1. The minimum Gasteiger partial charge on any atom is -0.344 e. The Morgan fingerprint density at radius 2 is 2.30 bits per heavy atom. The van der Waals surface area contributed by atoms with Gasteiger partial charge in [-0.3, -0.25) is 4.79 Å². The summed E-state index contributed by atoms with van der Waals surface area (Å²) < 4.78 is 0. The van der Waals surface area contributed by atoms with Gasteiger partial charge in [0.1, 0.15) is 5.01 Å². The van der Waals surface area contributed by atoms with Crippen LogP contribution in [-0.4, -0.2) is 16.9 Å². The van der Waals surface area contributed by atoms with E-state index >= 15 is 0 Å². The average Bonchev–Trinajstić information content (AvgIpc) is 2.94. The van der Waals surface area contributed by atoms with Crippen LogP contribution in [0.15, 0.2) is 5.38 Å². The van der Waals surface area contributed by atoms with Crippen LogP contribution in [0.5, 0.6) is 0 Å². The summed E-state index contributed by atoms with van der Waals surface area (Å²) in [7, 11) is 0. The van der Waals surface area contributed by atoms with Crippen LogP contribution in [-0.2, 0) is 10.3 Å². The third-order valence-electron chi connectivity index (χ3n) is 4.78. The number of nitrogens with two attached hydrogens (primary N) is 1. The molecule has 0 aromatic carbocycles. The third kappa shape index (κ3) is 2.61. The van der Waals surface area contributed by atoms with Crippen molar-refractivity contribution in [2.75, 3.05) is 0 Å². The predicted octanol–water partition coefficient (Wildman–Crippen LogP) is 2.46. The second-order valence-electron chi connectivity index (χ2n) is 6.34. The second-order valence-corrected chi connectivity index (χ2v) is 7.19. The molecule has 4 nitrogen and oxygen atoms in total. The van der Waals surface area contributed by atoms with Gasteiger partial charge in [-0.05, 0) is 44.9 Å². The van der Waals surface area contributed by atoms with E-state index in [1.165, 1.54) is 6.42 Å². The van der Waals surface area contributed by atoms with Crippen molar-refractivity contribution >= 4 is 17.2 Å². The maximum absolute atomic E-state index is 12.3. The van der Waals surface area contributed by atoms with Crippen LogP contribution in [0.3, 0.4) is 0 Å². The molecule has 2 aliphatic carbocycles. The number of carbonyl (C=O) groups is 1. The van der Waals surface area contributed by atoms with Crippen LogP contribution >= 0.6 is 11.3 Å². The summed E-state index contributed by atoms with van der Waals surface area (Å²) in [5.41, 5.74) is 6.92. The van der Waals surface area contributed by atoms with Gasteiger partial charge in [0.25, 0.3) is 0 Å². The lowest BCUT2D eigenvalue weighted by molar-refractivity contribution is -0.125. The quantitative estimate of drug-likeness (QED) is 0.896. The molecule has 0 bridgehead atoms. The number of nitrogens with zero attached hydrogens (tertiary/aromatic N) is 1. The second kappa shape index (κ2) is 5.45. The number of hydrogen-bond acceptors (Lipinski definition) is 4. The minimum absolute atomic E-state index is 0.153. The molecule has 1 amide bonds. The summed E-state index contributed by atoms with van der Waals surface area (Å²) in [6, 6.07) is 0.209. The Kier molecular flexibility index (Phi) is 3.82. The van der Waals surface area contributed by atoms with Crippen molar-refractivity contribution in [3.63, 3.8) is 0 Å². The molecule has 2 saturated carbocycles. The van der Waals surface area contributed by atoms with E-state index in [0.717, 1.165) is 42.8 Å². The predicted molar refractivity (Wildman–Crippen MR) is 80.5 cm³/mol. The van der Waals surface area contributed by atoms with Crippen molar-refractivity contribution in [1.29, 1.82) is 0 Å². The van der Waals surface area contributed by atoms with E-state index in [0.29, 0.717) is 12.3 Å². The Hall–Kier alpha value is -0.940. The average molecular weight is 293 g/mol. The van der Waals surface area contributed by atoms with Crippen molar-refractivity contribution in [2.45, 2.75) is 63.5 Å². The first-order valence-corrected chi connectivity index (χ1v) is 8.46. The molecule has 1 aromatic heterocycles. The van der Waals surface area contributed by atoms with Gasteiger partial charge in [-0.1, -0.05) is 6.42 Å². The number of rotatable bonds is 4. The Morgan fingerprint density at radius 3 is 2.80 bits per heavy atom. The highest BCUT2D eigenvalue weighted by Crippen LogP contribution is 2.42. The molecule has 0 radical (unpaired) electrons. The number of hydrogen-bond donors (Lipinski definition) is 2. The van der Waals surface area contributed by atoms with Crippen molar-refractivity contribution < 1.29 is 4.79 Å². The molecule has 1 heterocycles. The molecule has 110 valence electrons. The molecule has 0 unspecified atom stereocenters. The van der Waals surface area contributed by atoms with E-state index in [-0.39, 0.29) is 17.5 Å². The molecule has 3 N–H and O–H groups in total. The lowest BCUT2D eigenvalue weighted by atomic mass is 9.77. The summed E-state index contributed by atoms with van der Waals surface area (Å²) >= 11 is 1.67. The van der Waals surface area contributed by atoms with E-state index in [9.17, 15) is 4.79 Å². The first-order valence-electron chi connectivity index (χ1n) is 7.58. The van der Waals surface area contributed by atoms with Gasteiger partial charge in [-0.25, -0.2) is 4.98 Å². The van der Waals surface area contributed by atoms with Crippen LogP contribution in [0.2, 0.25) is 0 Å². The molecule has 3 rings (SSSR count). The Balaban J connectivity index is 1.64. The van der Waals surface area contributed by atoms with E-state index in [2.05, 4.69) is 15.7 Å². The van der Waals surface area contributed by atoms with Gasteiger partial charge in [-0.2, -0.15) is 0 Å². The van der Waals surface area contributed by atoms with Gasteiger partial charge in [0, 0.05) is 23.5 Å². The maximum Gasteiger partial charge on any atom is 0.221 e. The van der Waals surface area contributed by atoms with Gasteiger partial charge in [-0.15, -0.1) is 11.3 Å². The van der Waals surface area contributed by atoms with Crippen LogP contribution in [0.25, 0.3) is 0 Å². The highest BCUT2D eigenvalue weighted by molar-refractivity contribution is 7.09. The zero-order valence-corrected chi connectivity index (χ0v) is 12.8. The van der Waals surface area contributed by atoms with E-state index in [1.54, 1.807) is 11.3 Å². The van der Waals surface area contributed by atoms with Gasteiger partial charge in [0.2, 0.25) is 5.91 Å². The molecule has 2 atom stereocenters. The number of aryl methyl sites for hydroxylation is 1. The molecule has 0 spiro atoms. The normalized spacial score (nSPS) is 28.1. The SMILES string of the molecule is Cc1csc(C2(NC(=O)C[C@@H]3CCC[C@H]3N)CCC2)n1. The third-order valence-corrected chi connectivity index (χ3v) is 5.94. The fourth-order valence-corrected chi connectivity index (χ4v) is 4.38. The van der Waals surface area contributed by atoms with Crippen LogP contribution in [0, 0.1) is 12.8 Å². The molecule has 0 aliphatic heterocycles. The van der Waals surface area contributed by atoms with Gasteiger partial charge >= 0.3 is 0 Å². The summed E-state index contributed by atoms with van der Waals surface area (Å²) in [6.07, 6.45) is 7.10. The molecule has 2 aliphatic rings. The largest absolute Gasteiger partial charge is 0.344 e. The Labute approximate surface area is 124 Å². The van der Waals surface area contributed by atoms with E-state index < -0.39 is 0 Å². The Morgan fingerprint density at radius 1 is 1.50 bits per heavy atom. The molecular formula is C15H23N3OS. The standard InChI is InChI=1S/C15H23N3OS/c1-10-9-20-14(17-10)15(6-3-7-15)18-13(19)8-11-4-2-5-12(11)16/h9,11-12H,2-8,16H2,1H3,(H,18,19)/t11-,12+/m0/s1. The monoisotopic (exact) mass is 293 g/mol. The smallest absolute Gasteiger partial charge is 0.221 e. The topological polar surface area (TPSA) is 68.0 Å². The molecule has 1 aromatic rings. The molecule has 20 heavy (non-hydrogen) atoms. The molecule has 5 heteroatoms. The van der Waals surface area contributed by atoms with Crippen molar-refractivity contribution in [3.05, 3.63) is 16.1 Å². The lowest BCUT2D eigenvalue weighted by Gasteiger charge is -2.41. The van der Waals surface area contributed by atoms with E-state index in [4.69, 9.17) is 5.73 Å². The summed E-state index contributed by atoms with van der Waals surface area (Å²) in [5, 5.41) is 6.40. The first kappa shape index (κ1) is 14.0. The highest BCUT2D eigenvalue weighted by Gasteiger charge is 2.43. The number of thiazole rings is 1. The van der Waals surface area contributed by atoms with Crippen LogP contribution in [0.1, 0.15) is 55.6 Å².